The zero-order valence-electron chi connectivity index (χ0n) is 14.6. The zero-order valence-corrected chi connectivity index (χ0v) is 14.6. The SMILES string of the molecule is COC(=O)Cc1cncc(Cc2ccc(Cn3ccccc3=O)cc2)c1. The Kier molecular flexibility index (Phi) is 5.59. The van der Waals surface area contributed by atoms with E-state index in [-0.39, 0.29) is 17.9 Å². The van der Waals surface area contributed by atoms with Crippen LogP contribution in [0.4, 0.5) is 0 Å². The summed E-state index contributed by atoms with van der Waals surface area (Å²) in [4.78, 5) is 27.4. The fraction of sp³-hybridized carbons (Fsp3) is 0.190. The van der Waals surface area contributed by atoms with Crippen LogP contribution in [0, 0.1) is 0 Å². The lowest BCUT2D eigenvalue weighted by Crippen LogP contribution is -2.18. The average Bonchev–Trinajstić information content (AvgIpc) is 2.65. The molecule has 5 heteroatoms. The van der Waals surface area contributed by atoms with Gasteiger partial charge in [0, 0.05) is 24.7 Å². The monoisotopic (exact) mass is 348 g/mol. The van der Waals surface area contributed by atoms with E-state index in [1.807, 2.05) is 24.3 Å². The Morgan fingerprint density at radius 1 is 1.00 bits per heavy atom. The normalized spacial score (nSPS) is 10.5. The summed E-state index contributed by atoms with van der Waals surface area (Å²) >= 11 is 0. The van der Waals surface area contributed by atoms with Gasteiger partial charge in [0.05, 0.1) is 20.1 Å². The van der Waals surface area contributed by atoms with Crippen LogP contribution in [0.15, 0.2) is 71.9 Å². The Bertz CT molecular complexity index is 946. The molecule has 0 radical (unpaired) electrons. The molecular weight excluding hydrogens is 328 g/mol. The molecule has 3 aromatic rings. The van der Waals surface area contributed by atoms with Crippen LogP contribution in [0.5, 0.6) is 0 Å². The number of ether oxygens (including phenoxy) is 1. The maximum absolute atomic E-state index is 11.8. The first kappa shape index (κ1) is 17.6. The number of pyridine rings is 2. The lowest BCUT2D eigenvalue weighted by molar-refractivity contribution is -0.139. The van der Waals surface area contributed by atoms with Crippen LogP contribution >= 0.6 is 0 Å². The van der Waals surface area contributed by atoms with E-state index in [1.54, 1.807) is 35.3 Å². The second-order valence-electron chi connectivity index (χ2n) is 6.11. The van der Waals surface area contributed by atoms with Gasteiger partial charge in [0.25, 0.3) is 5.56 Å². The van der Waals surface area contributed by atoms with Crippen molar-refractivity contribution in [2.75, 3.05) is 7.11 Å². The van der Waals surface area contributed by atoms with Gasteiger partial charge in [-0.2, -0.15) is 0 Å². The van der Waals surface area contributed by atoms with Crippen molar-refractivity contribution in [3.05, 3.63) is 99.7 Å². The molecule has 0 fully saturated rings. The highest BCUT2D eigenvalue weighted by Crippen LogP contribution is 2.13. The van der Waals surface area contributed by atoms with Gasteiger partial charge in [-0.3, -0.25) is 14.6 Å². The number of hydrogen-bond donors (Lipinski definition) is 0. The predicted octanol–water partition coefficient (Wildman–Crippen LogP) is 2.60. The quantitative estimate of drug-likeness (QED) is 0.643. The third-order valence-corrected chi connectivity index (χ3v) is 4.11. The number of esters is 1. The molecule has 132 valence electrons. The molecule has 0 saturated carbocycles. The molecule has 5 nitrogen and oxygen atoms in total. The van der Waals surface area contributed by atoms with E-state index in [2.05, 4.69) is 17.1 Å². The van der Waals surface area contributed by atoms with Crippen LogP contribution in [0.2, 0.25) is 0 Å². The van der Waals surface area contributed by atoms with E-state index in [9.17, 15) is 9.59 Å². The number of aromatic nitrogens is 2. The molecule has 0 spiro atoms. The van der Waals surface area contributed by atoms with Crippen molar-refractivity contribution in [3.8, 4) is 0 Å². The van der Waals surface area contributed by atoms with E-state index in [0.29, 0.717) is 6.54 Å². The molecule has 3 rings (SSSR count). The molecule has 0 amide bonds. The summed E-state index contributed by atoms with van der Waals surface area (Å²) in [5, 5.41) is 0. The molecule has 0 unspecified atom stereocenters. The van der Waals surface area contributed by atoms with E-state index in [4.69, 9.17) is 4.74 Å². The van der Waals surface area contributed by atoms with Crippen molar-refractivity contribution in [2.24, 2.45) is 0 Å². The fourth-order valence-corrected chi connectivity index (χ4v) is 2.76. The first-order chi connectivity index (χ1) is 12.6. The molecule has 2 heterocycles. The minimum absolute atomic E-state index is 0.00919. The van der Waals surface area contributed by atoms with E-state index in [1.165, 1.54) is 7.11 Å². The summed E-state index contributed by atoms with van der Waals surface area (Å²) in [6.45, 7) is 0.552. The van der Waals surface area contributed by atoms with Gasteiger partial charge in [-0.15, -0.1) is 0 Å². The predicted molar refractivity (Wildman–Crippen MR) is 99.0 cm³/mol. The highest BCUT2D eigenvalue weighted by Gasteiger charge is 2.05. The van der Waals surface area contributed by atoms with E-state index >= 15 is 0 Å². The maximum atomic E-state index is 11.8. The van der Waals surface area contributed by atoms with Gasteiger partial charge in [-0.05, 0) is 34.7 Å². The first-order valence-corrected chi connectivity index (χ1v) is 8.37. The third kappa shape index (κ3) is 4.66. The molecule has 1 aromatic carbocycles. The molecule has 0 aliphatic rings. The Hall–Kier alpha value is -3.21. The van der Waals surface area contributed by atoms with Crippen LogP contribution in [0.25, 0.3) is 0 Å². The number of carbonyl (C=O) groups excluding carboxylic acids is 1. The number of benzene rings is 1. The number of hydrogen-bond acceptors (Lipinski definition) is 4. The maximum Gasteiger partial charge on any atom is 0.310 e. The van der Waals surface area contributed by atoms with Crippen molar-refractivity contribution >= 4 is 5.97 Å². The molecule has 0 saturated heterocycles. The molecule has 26 heavy (non-hydrogen) atoms. The highest BCUT2D eigenvalue weighted by atomic mass is 16.5. The van der Waals surface area contributed by atoms with Gasteiger partial charge in [-0.25, -0.2) is 0 Å². The highest BCUT2D eigenvalue weighted by molar-refractivity contribution is 5.72. The molecule has 0 atom stereocenters. The summed E-state index contributed by atoms with van der Waals surface area (Å²) in [5.41, 5.74) is 4.09. The smallest absolute Gasteiger partial charge is 0.310 e. The topological polar surface area (TPSA) is 61.2 Å². The zero-order chi connectivity index (χ0) is 18.4. The van der Waals surface area contributed by atoms with Gasteiger partial charge < -0.3 is 9.30 Å². The summed E-state index contributed by atoms with van der Waals surface area (Å²) in [6, 6.07) is 15.3. The van der Waals surface area contributed by atoms with Crippen LogP contribution in [-0.4, -0.2) is 22.6 Å². The second-order valence-corrected chi connectivity index (χ2v) is 6.11. The van der Waals surface area contributed by atoms with Gasteiger partial charge in [-0.1, -0.05) is 36.4 Å². The largest absolute Gasteiger partial charge is 0.469 e. The number of methoxy groups -OCH3 is 1. The molecule has 0 aliphatic carbocycles. The lowest BCUT2D eigenvalue weighted by Gasteiger charge is -2.08. The van der Waals surface area contributed by atoms with E-state index < -0.39 is 0 Å². The fourth-order valence-electron chi connectivity index (χ4n) is 2.76. The van der Waals surface area contributed by atoms with Crippen molar-refractivity contribution in [2.45, 2.75) is 19.4 Å². The molecule has 0 bridgehead atoms. The third-order valence-electron chi connectivity index (χ3n) is 4.11. The Morgan fingerprint density at radius 3 is 2.46 bits per heavy atom. The Morgan fingerprint density at radius 2 is 1.73 bits per heavy atom. The molecule has 0 aliphatic heterocycles. The van der Waals surface area contributed by atoms with Crippen LogP contribution in [-0.2, 0) is 28.9 Å². The average molecular weight is 348 g/mol. The number of carbonyl (C=O) groups is 1. The van der Waals surface area contributed by atoms with Gasteiger partial charge in [0.1, 0.15) is 0 Å². The minimum atomic E-state index is -0.274. The molecule has 0 N–H and O–H groups in total. The molecular formula is C21H20N2O3. The van der Waals surface area contributed by atoms with Crippen LogP contribution < -0.4 is 5.56 Å². The van der Waals surface area contributed by atoms with Gasteiger partial charge in [0.15, 0.2) is 0 Å². The first-order valence-electron chi connectivity index (χ1n) is 8.37. The minimum Gasteiger partial charge on any atom is -0.469 e. The number of nitrogens with zero attached hydrogens (tertiary/aromatic N) is 2. The van der Waals surface area contributed by atoms with Crippen LogP contribution in [0.1, 0.15) is 22.3 Å². The van der Waals surface area contributed by atoms with Crippen LogP contribution in [0.3, 0.4) is 0 Å². The van der Waals surface area contributed by atoms with Gasteiger partial charge >= 0.3 is 5.97 Å². The van der Waals surface area contributed by atoms with Crippen molar-refractivity contribution in [1.29, 1.82) is 0 Å². The van der Waals surface area contributed by atoms with E-state index in [0.717, 1.165) is 28.7 Å². The standard InChI is InChI=1S/C21H20N2O3/c1-26-21(25)12-19-11-18(13-22-14-19)10-16-5-7-17(8-6-16)15-23-9-3-2-4-20(23)24/h2-9,11,13-14H,10,12,15H2,1H3. The summed E-state index contributed by atoms with van der Waals surface area (Å²) in [5.74, 6) is -0.274. The summed E-state index contributed by atoms with van der Waals surface area (Å²) in [7, 11) is 1.38. The Balaban J connectivity index is 1.68. The summed E-state index contributed by atoms with van der Waals surface area (Å²) in [6.07, 6.45) is 6.23. The van der Waals surface area contributed by atoms with Gasteiger partial charge in [0.2, 0.25) is 0 Å². The van der Waals surface area contributed by atoms with Crippen molar-refractivity contribution < 1.29 is 9.53 Å². The van der Waals surface area contributed by atoms with Crippen molar-refractivity contribution in [3.63, 3.8) is 0 Å². The number of rotatable bonds is 6. The lowest BCUT2D eigenvalue weighted by atomic mass is 10.0. The summed E-state index contributed by atoms with van der Waals surface area (Å²) < 4.78 is 6.37. The van der Waals surface area contributed by atoms with Crippen molar-refractivity contribution in [1.82, 2.24) is 9.55 Å². The Labute approximate surface area is 151 Å². The molecule has 2 aromatic heterocycles. The second kappa shape index (κ2) is 8.25.